The van der Waals surface area contributed by atoms with Crippen LogP contribution in [0.25, 0.3) is 0 Å². The predicted octanol–water partition coefficient (Wildman–Crippen LogP) is 3.27. The Labute approximate surface area is 87.6 Å². The second-order valence-corrected chi connectivity index (χ2v) is 15.2. The SMILES string of the molecule is C#C[Si](C)(C)C.[I][Cu][I]. The van der Waals surface area contributed by atoms with Crippen molar-refractivity contribution in [1.82, 2.24) is 0 Å². The van der Waals surface area contributed by atoms with E-state index in [-0.39, 0.29) is 0 Å². The predicted molar refractivity (Wildman–Crippen MR) is 60.2 cm³/mol. The molecule has 0 aromatic heterocycles. The third-order valence-electron chi connectivity index (χ3n) is 0.433. The van der Waals surface area contributed by atoms with Crippen molar-refractivity contribution >= 4 is 48.8 Å². The van der Waals surface area contributed by atoms with Crippen LogP contribution in [0.4, 0.5) is 0 Å². The number of terminal acetylenes is 1. The molecule has 0 N–H and O–H groups in total. The van der Waals surface area contributed by atoms with Gasteiger partial charge in [0.05, 0.1) is 0 Å². The van der Waals surface area contributed by atoms with E-state index in [4.69, 9.17) is 6.42 Å². The van der Waals surface area contributed by atoms with Crippen LogP contribution in [0.2, 0.25) is 19.6 Å². The van der Waals surface area contributed by atoms with Crippen LogP contribution in [0.3, 0.4) is 0 Å². The van der Waals surface area contributed by atoms with Gasteiger partial charge in [0.1, 0.15) is 8.07 Å². The van der Waals surface area contributed by atoms with Crippen LogP contribution >= 0.6 is 40.7 Å². The van der Waals surface area contributed by atoms with E-state index in [9.17, 15) is 0 Å². The Morgan fingerprint density at radius 1 is 1.33 bits per heavy atom. The van der Waals surface area contributed by atoms with Crippen LogP contribution in [0, 0.1) is 12.0 Å². The third-order valence-corrected chi connectivity index (χ3v) is 1.30. The van der Waals surface area contributed by atoms with Gasteiger partial charge in [-0.2, -0.15) is 0 Å². The first-order chi connectivity index (χ1) is 3.97. The molecule has 0 aliphatic heterocycles. The first-order valence-electron chi connectivity index (χ1n) is 2.27. The molecule has 59 valence electrons. The summed E-state index contributed by atoms with van der Waals surface area (Å²) in [6.45, 7) is 6.44. The molecule has 0 saturated carbocycles. The fourth-order valence-corrected chi connectivity index (χ4v) is 0. The molecule has 9 heavy (non-hydrogen) atoms. The van der Waals surface area contributed by atoms with Crippen LogP contribution in [-0.2, 0) is 8.46 Å². The van der Waals surface area contributed by atoms with Gasteiger partial charge in [0.15, 0.2) is 0 Å². The van der Waals surface area contributed by atoms with Gasteiger partial charge in [-0.15, -0.1) is 12.0 Å². The van der Waals surface area contributed by atoms with E-state index in [0.717, 1.165) is 0 Å². The summed E-state index contributed by atoms with van der Waals surface area (Å²) in [5, 5.41) is 0. The first-order valence-corrected chi connectivity index (χ1v) is 11.8. The van der Waals surface area contributed by atoms with Crippen molar-refractivity contribution in [3.05, 3.63) is 0 Å². The van der Waals surface area contributed by atoms with Gasteiger partial charge in [0, 0.05) is 0 Å². The molecule has 0 saturated heterocycles. The van der Waals surface area contributed by atoms with Crippen molar-refractivity contribution in [1.29, 1.82) is 0 Å². The van der Waals surface area contributed by atoms with Crippen molar-refractivity contribution in [2.24, 2.45) is 0 Å². The molecule has 0 rings (SSSR count). The van der Waals surface area contributed by atoms with Crippen molar-refractivity contribution in [2.45, 2.75) is 19.6 Å². The second-order valence-electron chi connectivity index (χ2n) is 2.44. The molecular weight excluding hydrogens is 405 g/mol. The minimum absolute atomic E-state index is 1.10. The zero-order chi connectivity index (χ0) is 7.91. The molecule has 0 bridgehead atoms. The van der Waals surface area contributed by atoms with Crippen LogP contribution in [-0.4, -0.2) is 8.07 Å². The molecule has 0 spiro atoms. The van der Waals surface area contributed by atoms with E-state index in [0.29, 0.717) is 0 Å². The van der Waals surface area contributed by atoms with Gasteiger partial charge >= 0.3 is 49.1 Å². The van der Waals surface area contributed by atoms with Crippen LogP contribution in [0.1, 0.15) is 0 Å². The van der Waals surface area contributed by atoms with Crippen molar-refractivity contribution < 1.29 is 8.46 Å². The summed E-state index contributed by atoms with van der Waals surface area (Å²) >= 11 is 4.36. The summed E-state index contributed by atoms with van der Waals surface area (Å²) in [5.74, 6) is 0. The standard InChI is InChI=1S/C5H10Si.Cu.2HI/c1-5-6(2,3)4;;;/h1H,2-4H3;;2*1H/q;+2;;/p-2. The third kappa shape index (κ3) is 25.9. The van der Waals surface area contributed by atoms with E-state index in [1.54, 1.807) is 8.46 Å². The Bertz CT molecular complexity index is 92.1. The number of rotatable bonds is 0. The number of hydrogen-bond donors (Lipinski definition) is 0. The molecule has 0 amide bonds. The molecule has 0 fully saturated rings. The van der Waals surface area contributed by atoms with Gasteiger partial charge in [0.2, 0.25) is 0 Å². The number of halogens is 2. The fourth-order valence-electron chi connectivity index (χ4n) is 0. The van der Waals surface area contributed by atoms with Gasteiger partial charge in [-0.3, -0.25) is 0 Å². The summed E-state index contributed by atoms with van der Waals surface area (Å²) < 4.78 is 0. The average molecular weight is 416 g/mol. The molecule has 0 nitrogen and oxygen atoms in total. The molecule has 0 aliphatic carbocycles. The molecule has 0 aliphatic rings. The summed E-state index contributed by atoms with van der Waals surface area (Å²) in [6.07, 6.45) is 5.12. The van der Waals surface area contributed by atoms with E-state index >= 15 is 0 Å². The van der Waals surface area contributed by atoms with Gasteiger partial charge in [-0.05, 0) is 0 Å². The number of hydrogen-bond acceptors (Lipinski definition) is 0. The summed E-state index contributed by atoms with van der Waals surface area (Å²) in [5.41, 5.74) is 2.74. The van der Waals surface area contributed by atoms with Gasteiger partial charge in [0.25, 0.3) is 0 Å². The van der Waals surface area contributed by atoms with E-state index in [1.807, 2.05) is 0 Å². The molecule has 0 radical (unpaired) electrons. The molecule has 0 atom stereocenters. The van der Waals surface area contributed by atoms with Gasteiger partial charge in [-0.1, -0.05) is 19.6 Å². The van der Waals surface area contributed by atoms with Crippen molar-refractivity contribution in [3.63, 3.8) is 0 Å². The van der Waals surface area contributed by atoms with Crippen molar-refractivity contribution in [2.75, 3.05) is 0 Å². The maximum atomic E-state index is 5.12. The quantitative estimate of drug-likeness (QED) is 0.324. The van der Waals surface area contributed by atoms with Crippen LogP contribution < -0.4 is 0 Å². The molecule has 0 heterocycles. The van der Waals surface area contributed by atoms with Gasteiger partial charge in [-0.25, -0.2) is 0 Å². The van der Waals surface area contributed by atoms with Crippen LogP contribution in [0.5, 0.6) is 0 Å². The van der Waals surface area contributed by atoms with Crippen molar-refractivity contribution in [3.8, 4) is 12.0 Å². The minimum atomic E-state index is -1.10. The van der Waals surface area contributed by atoms with Gasteiger partial charge < -0.3 is 0 Å². The summed E-state index contributed by atoms with van der Waals surface area (Å²) in [7, 11) is 0.649. The topological polar surface area (TPSA) is 0 Å². The van der Waals surface area contributed by atoms with E-state index < -0.39 is 8.07 Å². The monoisotopic (exact) mass is 415 g/mol. The summed E-state index contributed by atoms with van der Waals surface area (Å²) in [4.78, 5) is 0. The molecular formula is C5H10CuI2Si. The fraction of sp³-hybridized carbons (Fsp3) is 0.600. The van der Waals surface area contributed by atoms with E-state index in [2.05, 4.69) is 65.9 Å². The Morgan fingerprint density at radius 2 is 1.44 bits per heavy atom. The summed E-state index contributed by atoms with van der Waals surface area (Å²) in [6, 6.07) is 0. The maximum absolute atomic E-state index is 5.12. The Balaban J connectivity index is 0. The van der Waals surface area contributed by atoms with Crippen LogP contribution in [0.15, 0.2) is 0 Å². The second kappa shape index (κ2) is 7.86. The molecule has 0 unspecified atom stereocenters. The van der Waals surface area contributed by atoms with E-state index in [1.165, 1.54) is 0 Å². The Morgan fingerprint density at radius 3 is 1.44 bits per heavy atom. The Hall–Kier alpha value is 1.76. The average Bonchev–Trinajstić information content (AvgIpc) is 1.67. The zero-order valence-electron chi connectivity index (χ0n) is 5.63. The Kier molecular flexibility index (Phi) is 11.7. The zero-order valence-corrected chi connectivity index (χ0v) is 11.9. The first kappa shape index (κ1) is 13.4. The molecule has 0 aromatic carbocycles. The molecule has 0 aromatic rings. The normalized spacial score (nSPS) is 9.33. The molecule has 4 heteroatoms.